The van der Waals surface area contributed by atoms with Gasteiger partial charge in [-0.25, -0.2) is 0 Å². The third-order valence-corrected chi connectivity index (χ3v) is 3.15. The Kier molecular flexibility index (Phi) is 3.90. The zero-order chi connectivity index (χ0) is 9.84. The zero-order valence-corrected chi connectivity index (χ0v) is 9.10. The maximum Gasteiger partial charge on any atom is 0.0906 e. The third-order valence-electron chi connectivity index (χ3n) is 2.05. The van der Waals surface area contributed by atoms with E-state index in [0.717, 1.165) is 4.88 Å². The van der Waals surface area contributed by atoms with Gasteiger partial charge >= 0.3 is 0 Å². The normalized spacial score (nSPS) is 15.7. The first-order valence-corrected chi connectivity index (χ1v) is 5.22. The molecule has 2 unspecified atom stereocenters. The summed E-state index contributed by atoms with van der Waals surface area (Å²) in [4.78, 5) is 2.26. The van der Waals surface area contributed by atoms with Crippen LogP contribution in [0.3, 0.4) is 0 Å². The fourth-order valence-corrected chi connectivity index (χ4v) is 2.04. The number of hydrogen-bond acceptors (Lipinski definition) is 3. The number of aliphatic hydroxyl groups excluding tert-OH is 1. The van der Waals surface area contributed by atoms with Crippen LogP contribution in [0.5, 0.6) is 0 Å². The largest absolute Gasteiger partial charge is 0.387 e. The second-order valence-electron chi connectivity index (χ2n) is 3.25. The smallest absolute Gasteiger partial charge is 0.0906 e. The lowest BCUT2D eigenvalue weighted by Gasteiger charge is -2.13. The molecule has 1 aromatic rings. The van der Waals surface area contributed by atoms with Gasteiger partial charge < -0.3 is 9.84 Å². The van der Waals surface area contributed by atoms with Crippen molar-refractivity contribution < 1.29 is 9.84 Å². The molecule has 1 N–H and O–H groups in total. The number of methoxy groups -OCH3 is 1. The van der Waals surface area contributed by atoms with Gasteiger partial charge in [0.1, 0.15) is 0 Å². The van der Waals surface area contributed by atoms with Crippen LogP contribution in [0.2, 0.25) is 0 Å². The second kappa shape index (κ2) is 4.74. The average Bonchev–Trinajstić information content (AvgIpc) is 2.51. The second-order valence-corrected chi connectivity index (χ2v) is 4.57. The van der Waals surface area contributed by atoms with Crippen molar-refractivity contribution in [2.45, 2.75) is 32.5 Å². The van der Waals surface area contributed by atoms with Crippen LogP contribution in [0.1, 0.15) is 29.2 Å². The van der Waals surface area contributed by atoms with Crippen LogP contribution < -0.4 is 0 Å². The average molecular weight is 200 g/mol. The zero-order valence-electron chi connectivity index (χ0n) is 8.28. The maximum atomic E-state index is 9.77. The highest BCUT2D eigenvalue weighted by Crippen LogP contribution is 2.26. The van der Waals surface area contributed by atoms with E-state index in [0.29, 0.717) is 6.42 Å². The summed E-state index contributed by atoms with van der Waals surface area (Å²) in [6.07, 6.45) is 0.391. The minimum Gasteiger partial charge on any atom is -0.387 e. The van der Waals surface area contributed by atoms with Crippen molar-refractivity contribution in [3.05, 3.63) is 21.9 Å². The van der Waals surface area contributed by atoms with Crippen LogP contribution >= 0.6 is 11.3 Å². The molecule has 0 saturated heterocycles. The van der Waals surface area contributed by atoms with Crippen molar-refractivity contribution in [3.8, 4) is 0 Å². The molecule has 0 radical (unpaired) electrons. The minimum atomic E-state index is -0.381. The molecular weight excluding hydrogens is 184 g/mol. The number of rotatable bonds is 4. The first-order chi connectivity index (χ1) is 6.13. The molecule has 0 bridgehead atoms. The molecule has 1 rings (SSSR count). The molecule has 0 amide bonds. The van der Waals surface area contributed by atoms with Crippen molar-refractivity contribution in [3.63, 3.8) is 0 Å². The van der Waals surface area contributed by atoms with Crippen molar-refractivity contribution >= 4 is 11.3 Å². The van der Waals surface area contributed by atoms with E-state index in [9.17, 15) is 5.11 Å². The van der Waals surface area contributed by atoms with Gasteiger partial charge in [0.05, 0.1) is 12.2 Å². The van der Waals surface area contributed by atoms with Crippen LogP contribution in [0, 0.1) is 6.92 Å². The number of hydrogen-bond donors (Lipinski definition) is 1. The summed E-state index contributed by atoms with van der Waals surface area (Å²) >= 11 is 1.64. The van der Waals surface area contributed by atoms with Gasteiger partial charge in [-0.2, -0.15) is 0 Å². The Hall–Kier alpha value is -0.380. The van der Waals surface area contributed by atoms with E-state index in [1.54, 1.807) is 18.4 Å². The van der Waals surface area contributed by atoms with Crippen molar-refractivity contribution in [2.75, 3.05) is 7.11 Å². The SMILES string of the molecule is COC(C)CC(O)c1ccc(C)s1. The van der Waals surface area contributed by atoms with E-state index < -0.39 is 0 Å². The summed E-state index contributed by atoms with van der Waals surface area (Å²) in [5.74, 6) is 0. The lowest BCUT2D eigenvalue weighted by Crippen LogP contribution is -2.09. The third kappa shape index (κ3) is 3.10. The minimum absolute atomic E-state index is 0.109. The van der Waals surface area contributed by atoms with Crippen molar-refractivity contribution in [1.29, 1.82) is 0 Å². The molecule has 2 atom stereocenters. The molecule has 0 spiro atoms. The van der Waals surface area contributed by atoms with E-state index in [1.807, 2.05) is 26.0 Å². The van der Waals surface area contributed by atoms with E-state index in [1.165, 1.54) is 4.88 Å². The molecule has 1 aromatic heterocycles. The Balaban J connectivity index is 2.53. The maximum absolute atomic E-state index is 9.77. The molecule has 13 heavy (non-hydrogen) atoms. The van der Waals surface area contributed by atoms with Crippen LogP contribution in [-0.4, -0.2) is 18.3 Å². The lowest BCUT2D eigenvalue weighted by molar-refractivity contribution is 0.0573. The van der Waals surface area contributed by atoms with E-state index >= 15 is 0 Å². The Morgan fingerprint density at radius 2 is 2.23 bits per heavy atom. The molecular formula is C10H16O2S. The van der Waals surface area contributed by atoms with E-state index in [-0.39, 0.29) is 12.2 Å². The Morgan fingerprint density at radius 1 is 1.54 bits per heavy atom. The first-order valence-electron chi connectivity index (χ1n) is 4.40. The molecule has 0 saturated carbocycles. The molecule has 0 aliphatic carbocycles. The van der Waals surface area contributed by atoms with Crippen LogP contribution in [0.15, 0.2) is 12.1 Å². The Morgan fingerprint density at radius 3 is 2.69 bits per heavy atom. The van der Waals surface area contributed by atoms with Crippen molar-refractivity contribution in [2.24, 2.45) is 0 Å². The van der Waals surface area contributed by atoms with Crippen LogP contribution in [-0.2, 0) is 4.74 Å². The number of aryl methyl sites for hydroxylation is 1. The molecule has 0 aliphatic rings. The molecule has 0 aliphatic heterocycles. The molecule has 0 aromatic carbocycles. The predicted octanol–water partition coefficient (Wildman–Crippen LogP) is 2.51. The van der Waals surface area contributed by atoms with Crippen LogP contribution in [0.4, 0.5) is 0 Å². The first kappa shape index (κ1) is 10.7. The molecule has 1 heterocycles. The number of thiophene rings is 1. The highest BCUT2D eigenvalue weighted by Gasteiger charge is 2.13. The topological polar surface area (TPSA) is 29.5 Å². The monoisotopic (exact) mass is 200 g/mol. The van der Waals surface area contributed by atoms with Gasteiger partial charge in [0.25, 0.3) is 0 Å². The van der Waals surface area contributed by atoms with Gasteiger partial charge in [-0.15, -0.1) is 11.3 Å². The summed E-state index contributed by atoms with van der Waals surface area (Å²) in [6, 6.07) is 4.01. The summed E-state index contributed by atoms with van der Waals surface area (Å²) in [5, 5.41) is 9.77. The lowest BCUT2D eigenvalue weighted by atomic mass is 10.1. The Bertz CT molecular complexity index is 257. The van der Waals surface area contributed by atoms with Gasteiger partial charge in [-0.1, -0.05) is 0 Å². The summed E-state index contributed by atoms with van der Waals surface area (Å²) in [5.41, 5.74) is 0. The van der Waals surface area contributed by atoms with Crippen molar-refractivity contribution in [1.82, 2.24) is 0 Å². The van der Waals surface area contributed by atoms with Gasteiger partial charge in [0.2, 0.25) is 0 Å². The quantitative estimate of drug-likeness (QED) is 0.809. The summed E-state index contributed by atoms with van der Waals surface area (Å²) in [6.45, 7) is 4.00. The fraction of sp³-hybridized carbons (Fsp3) is 0.600. The molecule has 2 nitrogen and oxygen atoms in total. The number of ether oxygens (including phenoxy) is 1. The summed E-state index contributed by atoms with van der Waals surface area (Å²) in [7, 11) is 1.66. The Labute approximate surface area is 83.2 Å². The highest BCUT2D eigenvalue weighted by molar-refractivity contribution is 7.11. The van der Waals surface area contributed by atoms with E-state index in [4.69, 9.17) is 4.74 Å². The molecule has 0 fully saturated rings. The van der Waals surface area contributed by atoms with Gasteiger partial charge in [-0.3, -0.25) is 0 Å². The number of aliphatic hydroxyl groups is 1. The van der Waals surface area contributed by atoms with Gasteiger partial charge in [0, 0.05) is 23.3 Å². The molecule has 74 valence electrons. The highest BCUT2D eigenvalue weighted by atomic mass is 32.1. The van der Waals surface area contributed by atoms with E-state index in [2.05, 4.69) is 0 Å². The predicted molar refractivity (Wildman–Crippen MR) is 55.1 cm³/mol. The van der Waals surface area contributed by atoms with Gasteiger partial charge in [0.15, 0.2) is 0 Å². The fourth-order valence-electron chi connectivity index (χ4n) is 1.16. The van der Waals surface area contributed by atoms with Gasteiger partial charge in [-0.05, 0) is 26.0 Å². The standard InChI is InChI=1S/C10H16O2S/c1-7(12-3)6-9(11)10-5-4-8(2)13-10/h4-5,7,9,11H,6H2,1-3H3. The molecule has 3 heteroatoms. The van der Waals surface area contributed by atoms with Crippen LogP contribution in [0.25, 0.3) is 0 Å². The summed E-state index contributed by atoms with van der Waals surface area (Å²) < 4.78 is 5.09.